The summed E-state index contributed by atoms with van der Waals surface area (Å²) in [4.78, 5) is 0. The van der Waals surface area contributed by atoms with Gasteiger partial charge in [-0.05, 0) is 38.1 Å². The predicted octanol–water partition coefficient (Wildman–Crippen LogP) is 2.97. The number of ether oxygens (including phenoxy) is 1. The predicted molar refractivity (Wildman–Crippen MR) is 65.1 cm³/mol. The molecule has 0 bridgehead atoms. The van der Waals surface area contributed by atoms with Gasteiger partial charge in [-0.25, -0.2) is 0 Å². The van der Waals surface area contributed by atoms with Crippen LogP contribution in [-0.2, 0) is 4.74 Å². The van der Waals surface area contributed by atoms with E-state index in [-0.39, 0.29) is 0 Å². The van der Waals surface area contributed by atoms with Gasteiger partial charge >= 0.3 is 0 Å². The Balaban J connectivity index is 2.27. The van der Waals surface area contributed by atoms with Gasteiger partial charge in [0, 0.05) is 13.2 Å². The van der Waals surface area contributed by atoms with Crippen LogP contribution in [0, 0.1) is 5.92 Å². The molecule has 2 heteroatoms. The maximum absolute atomic E-state index is 5.55. The zero-order valence-corrected chi connectivity index (χ0v) is 10.6. The molecule has 90 valence electrons. The van der Waals surface area contributed by atoms with Gasteiger partial charge in [0.1, 0.15) is 0 Å². The van der Waals surface area contributed by atoms with Gasteiger partial charge in [-0.3, -0.25) is 0 Å². The average molecular weight is 213 g/mol. The molecular weight excluding hydrogens is 186 g/mol. The topological polar surface area (TPSA) is 21.3 Å². The fourth-order valence-corrected chi connectivity index (χ4v) is 2.19. The first kappa shape index (κ1) is 13.0. The fourth-order valence-electron chi connectivity index (χ4n) is 2.19. The third kappa shape index (κ3) is 4.98. The second-order valence-corrected chi connectivity index (χ2v) is 4.76. The molecule has 0 saturated heterocycles. The third-order valence-electron chi connectivity index (χ3n) is 3.39. The van der Waals surface area contributed by atoms with Crippen LogP contribution in [0.2, 0.25) is 0 Å². The maximum Gasteiger partial charge on any atom is 0.0721 e. The lowest BCUT2D eigenvalue weighted by molar-refractivity contribution is 0.0613. The third-order valence-corrected chi connectivity index (χ3v) is 3.39. The Bertz CT molecular complexity index is 153. The highest BCUT2D eigenvalue weighted by molar-refractivity contribution is 4.81. The summed E-state index contributed by atoms with van der Waals surface area (Å²) >= 11 is 0. The molecule has 2 nitrogen and oxygen atoms in total. The van der Waals surface area contributed by atoms with Crippen LogP contribution in [0.1, 0.15) is 52.4 Å². The van der Waals surface area contributed by atoms with Crippen molar-refractivity contribution in [3.63, 3.8) is 0 Å². The molecule has 1 rings (SSSR count). The van der Waals surface area contributed by atoms with E-state index in [1.54, 1.807) is 0 Å². The molecule has 0 aromatic rings. The van der Waals surface area contributed by atoms with E-state index in [1.165, 1.54) is 32.1 Å². The number of rotatable bonds is 9. The van der Waals surface area contributed by atoms with Gasteiger partial charge < -0.3 is 10.1 Å². The zero-order valence-electron chi connectivity index (χ0n) is 10.6. The SMILES string of the molecule is CCCNC(CCC1CC1)C(CC)OC. The van der Waals surface area contributed by atoms with E-state index in [4.69, 9.17) is 4.74 Å². The summed E-state index contributed by atoms with van der Waals surface area (Å²) in [7, 11) is 1.84. The van der Waals surface area contributed by atoms with Crippen LogP contribution in [0.15, 0.2) is 0 Å². The summed E-state index contributed by atoms with van der Waals surface area (Å²) in [5.74, 6) is 1.03. The first-order valence-electron chi connectivity index (χ1n) is 6.57. The molecule has 0 amide bonds. The minimum Gasteiger partial charge on any atom is -0.380 e. The molecular formula is C13H27NO. The van der Waals surface area contributed by atoms with Crippen molar-refractivity contribution in [2.45, 2.75) is 64.5 Å². The minimum absolute atomic E-state index is 0.398. The molecule has 0 heterocycles. The minimum atomic E-state index is 0.398. The lowest BCUT2D eigenvalue weighted by Gasteiger charge is -2.26. The second kappa shape index (κ2) is 7.24. The quantitative estimate of drug-likeness (QED) is 0.636. The van der Waals surface area contributed by atoms with Crippen LogP contribution in [0.5, 0.6) is 0 Å². The number of methoxy groups -OCH3 is 1. The summed E-state index contributed by atoms with van der Waals surface area (Å²) in [6.07, 6.45) is 8.32. The number of hydrogen-bond donors (Lipinski definition) is 1. The molecule has 1 aliphatic rings. The summed E-state index contributed by atoms with van der Waals surface area (Å²) in [5, 5.41) is 3.63. The molecule has 2 atom stereocenters. The highest BCUT2D eigenvalue weighted by atomic mass is 16.5. The van der Waals surface area contributed by atoms with Gasteiger partial charge in [-0.1, -0.05) is 26.7 Å². The maximum atomic E-state index is 5.55. The largest absolute Gasteiger partial charge is 0.380 e. The first-order valence-corrected chi connectivity index (χ1v) is 6.57. The summed E-state index contributed by atoms with van der Waals surface area (Å²) in [5.41, 5.74) is 0. The lowest BCUT2D eigenvalue weighted by Crippen LogP contribution is -2.41. The molecule has 1 fully saturated rings. The second-order valence-electron chi connectivity index (χ2n) is 4.76. The van der Waals surface area contributed by atoms with Crippen LogP contribution in [-0.4, -0.2) is 25.8 Å². The Kier molecular flexibility index (Phi) is 6.26. The van der Waals surface area contributed by atoms with Crippen LogP contribution >= 0.6 is 0 Å². The molecule has 0 radical (unpaired) electrons. The van der Waals surface area contributed by atoms with Crippen molar-refractivity contribution in [3.8, 4) is 0 Å². The van der Waals surface area contributed by atoms with Crippen molar-refractivity contribution in [3.05, 3.63) is 0 Å². The number of nitrogens with one attached hydrogen (secondary N) is 1. The van der Waals surface area contributed by atoms with Crippen molar-refractivity contribution in [1.82, 2.24) is 5.32 Å². The van der Waals surface area contributed by atoms with Gasteiger partial charge in [-0.2, -0.15) is 0 Å². The van der Waals surface area contributed by atoms with Crippen molar-refractivity contribution in [2.24, 2.45) is 5.92 Å². The van der Waals surface area contributed by atoms with Gasteiger partial charge in [-0.15, -0.1) is 0 Å². The van der Waals surface area contributed by atoms with Crippen LogP contribution in [0.25, 0.3) is 0 Å². The van der Waals surface area contributed by atoms with E-state index in [2.05, 4.69) is 19.2 Å². The molecule has 2 unspecified atom stereocenters. The van der Waals surface area contributed by atoms with Crippen LogP contribution in [0.4, 0.5) is 0 Å². The highest BCUT2D eigenvalue weighted by Gasteiger charge is 2.25. The van der Waals surface area contributed by atoms with E-state index < -0.39 is 0 Å². The molecule has 0 aliphatic heterocycles. The highest BCUT2D eigenvalue weighted by Crippen LogP contribution is 2.34. The molecule has 1 N–H and O–H groups in total. The molecule has 0 spiro atoms. The Morgan fingerprint density at radius 2 is 2.07 bits per heavy atom. The Labute approximate surface area is 94.8 Å². The lowest BCUT2D eigenvalue weighted by atomic mass is 10.0. The first-order chi connectivity index (χ1) is 7.31. The average Bonchev–Trinajstić information content (AvgIpc) is 3.06. The van der Waals surface area contributed by atoms with Gasteiger partial charge in [0.25, 0.3) is 0 Å². The molecule has 1 saturated carbocycles. The summed E-state index contributed by atoms with van der Waals surface area (Å²) < 4.78 is 5.55. The van der Waals surface area contributed by atoms with Crippen LogP contribution < -0.4 is 5.32 Å². The van der Waals surface area contributed by atoms with E-state index in [9.17, 15) is 0 Å². The fraction of sp³-hybridized carbons (Fsp3) is 1.00. The van der Waals surface area contributed by atoms with E-state index in [1.807, 2.05) is 7.11 Å². The van der Waals surface area contributed by atoms with Gasteiger partial charge in [0.2, 0.25) is 0 Å². The Morgan fingerprint density at radius 1 is 1.33 bits per heavy atom. The van der Waals surface area contributed by atoms with Crippen LogP contribution in [0.3, 0.4) is 0 Å². The zero-order chi connectivity index (χ0) is 11.1. The standard InChI is InChI=1S/C13H27NO/c1-4-10-14-12(13(5-2)15-3)9-8-11-6-7-11/h11-14H,4-10H2,1-3H3. The van der Waals surface area contributed by atoms with Crippen molar-refractivity contribution < 1.29 is 4.74 Å². The van der Waals surface area contributed by atoms with Crippen molar-refractivity contribution in [1.29, 1.82) is 0 Å². The van der Waals surface area contributed by atoms with Crippen molar-refractivity contribution >= 4 is 0 Å². The molecule has 0 aromatic carbocycles. The van der Waals surface area contributed by atoms with E-state index >= 15 is 0 Å². The Morgan fingerprint density at radius 3 is 2.53 bits per heavy atom. The van der Waals surface area contributed by atoms with Gasteiger partial charge in [0.05, 0.1) is 6.10 Å². The summed E-state index contributed by atoms with van der Waals surface area (Å²) in [6.45, 7) is 5.56. The summed E-state index contributed by atoms with van der Waals surface area (Å²) in [6, 6.07) is 0.570. The van der Waals surface area contributed by atoms with Crippen molar-refractivity contribution in [2.75, 3.05) is 13.7 Å². The number of hydrogen-bond acceptors (Lipinski definition) is 2. The van der Waals surface area contributed by atoms with Gasteiger partial charge in [0.15, 0.2) is 0 Å². The molecule has 1 aliphatic carbocycles. The normalized spacial score (nSPS) is 20.2. The molecule has 0 aromatic heterocycles. The molecule has 15 heavy (non-hydrogen) atoms. The Hall–Kier alpha value is -0.0800. The smallest absolute Gasteiger partial charge is 0.0721 e. The van der Waals surface area contributed by atoms with E-state index in [0.29, 0.717) is 12.1 Å². The monoisotopic (exact) mass is 213 g/mol. The van der Waals surface area contributed by atoms with E-state index in [0.717, 1.165) is 18.9 Å².